The van der Waals surface area contributed by atoms with Crippen LogP contribution in [0, 0.1) is 6.92 Å². The summed E-state index contributed by atoms with van der Waals surface area (Å²) in [5.74, 6) is 1.20. The molecular formula is C17H21N5O3. The van der Waals surface area contributed by atoms with E-state index in [0.29, 0.717) is 43.7 Å². The molecule has 1 fully saturated rings. The van der Waals surface area contributed by atoms with Gasteiger partial charge in [-0.2, -0.15) is 0 Å². The Balaban J connectivity index is 1.64. The van der Waals surface area contributed by atoms with Crippen LogP contribution in [-0.4, -0.2) is 59.7 Å². The molecule has 1 spiro atoms. The Kier molecular flexibility index (Phi) is 3.72. The molecule has 2 aliphatic rings. The first kappa shape index (κ1) is 16.0. The highest BCUT2D eigenvalue weighted by Gasteiger charge is 2.46. The van der Waals surface area contributed by atoms with Crippen LogP contribution in [0.3, 0.4) is 0 Å². The zero-order chi connectivity index (χ0) is 17.6. The number of rotatable bonds is 2. The Morgan fingerprint density at radius 2 is 2.24 bits per heavy atom. The fourth-order valence-electron chi connectivity index (χ4n) is 3.59. The Morgan fingerprint density at radius 3 is 2.96 bits per heavy atom. The molecule has 0 bridgehead atoms. The summed E-state index contributed by atoms with van der Waals surface area (Å²) in [4.78, 5) is 25.6. The van der Waals surface area contributed by atoms with E-state index in [1.807, 2.05) is 30.1 Å². The Bertz CT molecular complexity index is 818. The lowest BCUT2D eigenvalue weighted by Gasteiger charge is -2.34. The molecule has 1 amide bonds. The summed E-state index contributed by atoms with van der Waals surface area (Å²) in [7, 11) is 3.84. The number of ether oxygens (including phenoxy) is 1. The molecule has 1 atom stereocenters. The molecule has 0 aliphatic carbocycles. The van der Waals surface area contributed by atoms with E-state index in [2.05, 4.69) is 10.1 Å². The van der Waals surface area contributed by atoms with Crippen LogP contribution < -0.4 is 4.90 Å². The third-order valence-corrected chi connectivity index (χ3v) is 4.88. The minimum absolute atomic E-state index is 0.109. The van der Waals surface area contributed by atoms with Crippen molar-refractivity contribution in [3.63, 3.8) is 0 Å². The maximum Gasteiger partial charge on any atom is 0.276 e. The molecule has 0 aromatic carbocycles. The molecule has 2 aromatic rings. The number of nitrogens with zero attached hydrogens (tertiary/aromatic N) is 5. The van der Waals surface area contributed by atoms with Gasteiger partial charge in [-0.05, 0) is 13.3 Å². The van der Waals surface area contributed by atoms with Crippen molar-refractivity contribution in [1.29, 1.82) is 0 Å². The highest BCUT2D eigenvalue weighted by molar-refractivity contribution is 5.92. The topological polar surface area (TPSA) is 84.6 Å². The van der Waals surface area contributed by atoms with E-state index in [9.17, 15) is 4.79 Å². The Hall–Kier alpha value is -2.48. The number of carbonyl (C=O) groups excluding carboxylic acids is 1. The van der Waals surface area contributed by atoms with Gasteiger partial charge in [-0.25, -0.2) is 9.97 Å². The number of hydrogen-bond donors (Lipinski definition) is 0. The SMILES string of the molecule is Cc1cc(C(=O)N2CC[C@@]3(COCc4cnc(N(C)C)nc43)C2)no1. The van der Waals surface area contributed by atoms with Gasteiger partial charge in [0, 0.05) is 45.0 Å². The number of likely N-dealkylation sites (tertiary alicyclic amines) is 1. The van der Waals surface area contributed by atoms with Crippen molar-refractivity contribution in [2.24, 2.45) is 0 Å². The van der Waals surface area contributed by atoms with Crippen LogP contribution in [0.25, 0.3) is 0 Å². The van der Waals surface area contributed by atoms with Crippen LogP contribution in [0.1, 0.15) is 33.9 Å². The van der Waals surface area contributed by atoms with E-state index >= 15 is 0 Å². The first-order chi connectivity index (χ1) is 12.0. The second-order valence-corrected chi connectivity index (χ2v) is 7.01. The molecule has 0 radical (unpaired) electrons. The van der Waals surface area contributed by atoms with Crippen LogP contribution in [0.4, 0.5) is 5.95 Å². The predicted octanol–water partition coefficient (Wildman–Crippen LogP) is 1.15. The predicted molar refractivity (Wildman–Crippen MR) is 89.5 cm³/mol. The summed E-state index contributed by atoms with van der Waals surface area (Å²) in [6, 6.07) is 1.67. The average molecular weight is 343 g/mol. The zero-order valence-corrected chi connectivity index (χ0v) is 14.7. The monoisotopic (exact) mass is 343 g/mol. The van der Waals surface area contributed by atoms with Crippen molar-refractivity contribution >= 4 is 11.9 Å². The smallest absolute Gasteiger partial charge is 0.276 e. The number of fused-ring (bicyclic) bond motifs is 2. The van der Waals surface area contributed by atoms with Crippen molar-refractivity contribution in [3.8, 4) is 0 Å². The summed E-state index contributed by atoms with van der Waals surface area (Å²) >= 11 is 0. The molecule has 4 rings (SSSR count). The number of amides is 1. The molecule has 8 nitrogen and oxygen atoms in total. The van der Waals surface area contributed by atoms with Gasteiger partial charge in [0.1, 0.15) is 5.76 Å². The van der Waals surface area contributed by atoms with E-state index < -0.39 is 0 Å². The number of anilines is 1. The fraction of sp³-hybridized carbons (Fsp3) is 0.529. The van der Waals surface area contributed by atoms with E-state index in [0.717, 1.165) is 17.7 Å². The lowest BCUT2D eigenvalue weighted by atomic mass is 9.80. The van der Waals surface area contributed by atoms with E-state index in [1.165, 1.54) is 0 Å². The lowest BCUT2D eigenvalue weighted by molar-refractivity contribution is 0.0483. The van der Waals surface area contributed by atoms with Gasteiger partial charge in [-0.15, -0.1) is 0 Å². The zero-order valence-electron chi connectivity index (χ0n) is 14.7. The quantitative estimate of drug-likeness (QED) is 0.809. The number of hydrogen-bond acceptors (Lipinski definition) is 7. The summed E-state index contributed by atoms with van der Waals surface area (Å²) < 4.78 is 10.8. The number of aromatic nitrogens is 3. The van der Waals surface area contributed by atoms with E-state index in [-0.39, 0.29) is 11.3 Å². The standard InChI is InChI=1S/C17H21N5O3/c1-11-6-13(20-25-11)15(23)22-5-4-17(9-22)10-24-8-12-7-18-16(21(2)3)19-14(12)17/h6-7H,4-5,8-10H2,1-3H3/t17-/m0/s1. The second kappa shape index (κ2) is 5.80. The van der Waals surface area contributed by atoms with Gasteiger partial charge in [0.05, 0.1) is 24.3 Å². The summed E-state index contributed by atoms with van der Waals surface area (Å²) in [5.41, 5.74) is 2.08. The lowest BCUT2D eigenvalue weighted by Crippen LogP contribution is -2.42. The Morgan fingerprint density at radius 1 is 1.40 bits per heavy atom. The number of aryl methyl sites for hydroxylation is 1. The summed E-state index contributed by atoms with van der Waals surface area (Å²) in [5, 5.41) is 3.85. The van der Waals surface area contributed by atoms with Gasteiger partial charge in [0.2, 0.25) is 5.95 Å². The minimum Gasteiger partial charge on any atom is -0.376 e. The van der Waals surface area contributed by atoms with Crippen LogP contribution in [0.5, 0.6) is 0 Å². The highest BCUT2D eigenvalue weighted by Crippen LogP contribution is 2.39. The molecule has 0 unspecified atom stereocenters. The summed E-state index contributed by atoms with van der Waals surface area (Å²) in [6.45, 7) is 4.07. The van der Waals surface area contributed by atoms with E-state index in [1.54, 1.807) is 13.0 Å². The van der Waals surface area contributed by atoms with Gasteiger partial charge >= 0.3 is 0 Å². The third-order valence-electron chi connectivity index (χ3n) is 4.88. The molecule has 2 aliphatic heterocycles. The molecule has 132 valence electrons. The molecular weight excluding hydrogens is 322 g/mol. The normalized spacial score (nSPS) is 22.3. The van der Waals surface area contributed by atoms with E-state index in [4.69, 9.17) is 14.2 Å². The van der Waals surface area contributed by atoms with Crippen LogP contribution in [0.2, 0.25) is 0 Å². The molecule has 1 saturated heterocycles. The molecule has 0 N–H and O–H groups in total. The minimum atomic E-state index is -0.282. The maximum absolute atomic E-state index is 12.7. The maximum atomic E-state index is 12.7. The molecule has 2 aromatic heterocycles. The second-order valence-electron chi connectivity index (χ2n) is 7.01. The first-order valence-electron chi connectivity index (χ1n) is 8.33. The summed E-state index contributed by atoms with van der Waals surface area (Å²) in [6.07, 6.45) is 2.65. The fourth-order valence-corrected chi connectivity index (χ4v) is 3.59. The van der Waals surface area contributed by atoms with Crippen LogP contribution >= 0.6 is 0 Å². The highest BCUT2D eigenvalue weighted by atomic mass is 16.5. The van der Waals surface area contributed by atoms with Crippen LogP contribution in [-0.2, 0) is 16.8 Å². The van der Waals surface area contributed by atoms with Crippen molar-refractivity contribution in [1.82, 2.24) is 20.0 Å². The number of carbonyl (C=O) groups is 1. The molecule has 25 heavy (non-hydrogen) atoms. The van der Waals surface area contributed by atoms with Gasteiger partial charge in [-0.1, -0.05) is 5.16 Å². The van der Waals surface area contributed by atoms with Gasteiger partial charge < -0.3 is 19.1 Å². The Labute approximate surface area is 145 Å². The first-order valence-corrected chi connectivity index (χ1v) is 8.33. The van der Waals surface area contributed by atoms with Gasteiger partial charge in [0.25, 0.3) is 5.91 Å². The molecule has 4 heterocycles. The molecule has 8 heteroatoms. The van der Waals surface area contributed by atoms with Crippen molar-refractivity contribution in [2.75, 3.05) is 38.7 Å². The largest absolute Gasteiger partial charge is 0.376 e. The molecule has 0 saturated carbocycles. The van der Waals surface area contributed by atoms with Gasteiger partial charge in [0.15, 0.2) is 5.69 Å². The average Bonchev–Trinajstić information content (AvgIpc) is 3.22. The third kappa shape index (κ3) is 2.66. The van der Waals surface area contributed by atoms with Crippen LogP contribution in [0.15, 0.2) is 16.8 Å². The van der Waals surface area contributed by atoms with Crippen molar-refractivity contribution in [3.05, 3.63) is 35.0 Å². The van der Waals surface area contributed by atoms with Crippen molar-refractivity contribution < 1.29 is 14.1 Å². The van der Waals surface area contributed by atoms with Crippen molar-refractivity contribution in [2.45, 2.75) is 25.4 Å². The van der Waals surface area contributed by atoms with Gasteiger partial charge in [-0.3, -0.25) is 4.79 Å².